The number of aromatic nitrogens is 1. The fourth-order valence-corrected chi connectivity index (χ4v) is 1.18. The third-order valence-electron chi connectivity index (χ3n) is 1.76. The van der Waals surface area contributed by atoms with Gasteiger partial charge in [-0.1, -0.05) is 13.0 Å². The Kier molecular flexibility index (Phi) is 3.74. The zero-order valence-corrected chi connectivity index (χ0v) is 7.66. The van der Waals surface area contributed by atoms with E-state index < -0.39 is 0 Å². The second-order valence-electron chi connectivity index (χ2n) is 2.61. The van der Waals surface area contributed by atoms with Gasteiger partial charge < -0.3 is 4.74 Å². The van der Waals surface area contributed by atoms with Crippen molar-refractivity contribution in [3.63, 3.8) is 0 Å². The van der Waals surface area contributed by atoms with Crippen molar-refractivity contribution in [2.75, 3.05) is 6.61 Å². The number of rotatable bonds is 4. The Morgan fingerprint density at radius 2 is 2.25 bits per heavy atom. The van der Waals surface area contributed by atoms with Crippen molar-refractivity contribution in [1.29, 1.82) is 0 Å². The molecule has 0 aliphatic heterocycles. The molecule has 1 atom stereocenters. The van der Waals surface area contributed by atoms with Gasteiger partial charge in [0.15, 0.2) is 0 Å². The molecule has 0 amide bonds. The van der Waals surface area contributed by atoms with E-state index in [9.17, 15) is 0 Å². The van der Waals surface area contributed by atoms with Crippen LogP contribution in [-0.4, -0.2) is 11.6 Å². The first-order valence-electron chi connectivity index (χ1n) is 4.41. The summed E-state index contributed by atoms with van der Waals surface area (Å²) in [6.45, 7) is 4.86. The molecule has 66 valence electrons. The molecule has 0 aliphatic carbocycles. The Balaban J connectivity index is 2.66. The van der Waals surface area contributed by atoms with E-state index in [4.69, 9.17) is 4.74 Å². The lowest BCUT2D eigenvalue weighted by molar-refractivity contribution is 0.0568. The molecule has 2 nitrogen and oxygen atoms in total. The zero-order valence-electron chi connectivity index (χ0n) is 7.66. The molecule has 0 N–H and O–H groups in total. The Morgan fingerprint density at radius 3 is 2.75 bits per heavy atom. The van der Waals surface area contributed by atoms with Crippen molar-refractivity contribution < 1.29 is 4.74 Å². The molecule has 0 fully saturated rings. The van der Waals surface area contributed by atoms with Crippen LogP contribution >= 0.6 is 0 Å². The van der Waals surface area contributed by atoms with Crippen LogP contribution in [0.5, 0.6) is 0 Å². The van der Waals surface area contributed by atoms with Crippen LogP contribution in [-0.2, 0) is 4.74 Å². The minimum absolute atomic E-state index is 0.163. The molecule has 1 aromatic heterocycles. The van der Waals surface area contributed by atoms with Crippen LogP contribution in [0.15, 0.2) is 24.4 Å². The van der Waals surface area contributed by atoms with Crippen molar-refractivity contribution in [2.45, 2.75) is 26.4 Å². The Morgan fingerprint density at radius 1 is 1.42 bits per heavy atom. The lowest BCUT2D eigenvalue weighted by atomic mass is 10.2. The van der Waals surface area contributed by atoms with Gasteiger partial charge >= 0.3 is 0 Å². The molecule has 0 saturated carbocycles. The van der Waals surface area contributed by atoms with Crippen LogP contribution in [0.25, 0.3) is 0 Å². The molecule has 1 unspecified atom stereocenters. The van der Waals surface area contributed by atoms with E-state index in [1.54, 1.807) is 6.20 Å². The maximum atomic E-state index is 5.51. The van der Waals surface area contributed by atoms with Crippen molar-refractivity contribution in [3.8, 4) is 0 Å². The summed E-state index contributed by atoms with van der Waals surface area (Å²) < 4.78 is 5.51. The SMILES string of the molecule is CCOC(CC)c1ccccn1. The molecule has 0 aliphatic rings. The predicted octanol–water partition coefficient (Wildman–Crippen LogP) is 2.57. The van der Waals surface area contributed by atoms with Crippen LogP contribution in [0.3, 0.4) is 0 Å². The van der Waals surface area contributed by atoms with Crippen LogP contribution in [0, 0.1) is 0 Å². The van der Waals surface area contributed by atoms with Gasteiger partial charge in [-0.25, -0.2) is 0 Å². The van der Waals surface area contributed by atoms with Gasteiger partial charge in [-0.05, 0) is 25.5 Å². The fourth-order valence-electron chi connectivity index (χ4n) is 1.18. The summed E-state index contributed by atoms with van der Waals surface area (Å²) in [6, 6.07) is 5.91. The lowest BCUT2D eigenvalue weighted by Gasteiger charge is -2.13. The highest BCUT2D eigenvalue weighted by molar-refractivity contribution is 5.06. The van der Waals surface area contributed by atoms with Gasteiger partial charge in [-0.2, -0.15) is 0 Å². The Labute approximate surface area is 73.6 Å². The summed E-state index contributed by atoms with van der Waals surface area (Å²) in [6.07, 6.45) is 2.94. The molecule has 1 aromatic rings. The van der Waals surface area contributed by atoms with Gasteiger partial charge in [0.2, 0.25) is 0 Å². The highest BCUT2D eigenvalue weighted by atomic mass is 16.5. The summed E-state index contributed by atoms with van der Waals surface area (Å²) in [5.74, 6) is 0. The van der Waals surface area contributed by atoms with Crippen LogP contribution in [0.1, 0.15) is 32.1 Å². The normalized spacial score (nSPS) is 12.8. The van der Waals surface area contributed by atoms with Gasteiger partial charge in [-0.15, -0.1) is 0 Å². The minimum Gasteiger partial charge on any atom is -0.372 e. The first kappa shape index (κ1) is 9.20. The van der Waals surface area contributed by atoms with Crippen molar-refractivity contribution in [3.05, 3.63) is 30.1 Å². The fraction of sp³-hybridized carbons (Fsp3) is 0.500. The summed E-state index contributed by atoms with van der Waals surface area (Å²) in [4.78, 5) is 4.24. The standard InChI is InChI=1S/C10H15NO/c1-3-10(12-4-2)9-7-5-6-8-11-9/h5-8,10H,3-4H2,1-2H3. The van der Waals surface area contributed by atoms with Gasteiger partial charge in [0.25, 0.3) is 0 Å². The maximum absolute atomic E-state index is 5.51. The average Bonchev–Trinajstić information content (AvgIpc) is 2.15. The van der Waals surface area contributed by atoms with E-state index in [0.29, 0.717) is 0 Å². The summed E-state index contributed by atoms with van der Waals surface area (Å²) in [5.41, 5.74) is 1.03. The first-order chi connectivity index (χ1) is 5.88. The topological polar surface area (TPSA) is 22.1 Å². The smallest absolute Gasteiger partial charge is 0.0991 e. The Hall–Kier alpha value is -0.890. The van der Waals surface area contributed by atoms with Gasteiger partial charge in [0.05, 0.1) is 11.8 Å². The van der Waals surface area contributed by atoms with Crippen molar-refractivity contribution >= 4 is 0 Å². The molecular formula is C10H15NO. The van der Waals surface area contributed by atoms with Crippen molar-refractivity contribution in [1.82, 2.24) is 4.98 Å². The number of hydrogen-bond acceptors (Lipinski definition) is 2. The molecule has 0 radical (unpaired) electrons. The summed E-state index contributed by atoms with van der Waals surface area (Å²) in [5, 5.41) is 0. The lowest BCUT2D eigenvalue weighted by Crippen LogP contribution is -2.04. The van der Waals surface area contributed by atoms with E-state index in [-0.39, 0.29) is 6.10 Å². The summed E-state index contributed by atoms with van der Waals surface area (Å²) >= 11 is 0. The summed E-state index contributed by atoms with van der Waals surface area (Å²) in [7, 11) is 0. The number of nitrogens with zero attached hydrogens (tertiary/aromatic N) is 1. The van der Waals surface area contributed by atoms with E-state index in [0.717, 1.165) is 18.7 Å². The molecule has 2 heteroatoms. The zero-order chi connectivity index (χ0) is 8.81. The van der Waals surface area contributed by atoms with Gasteiger partial charge in [-0.3, -0.25) is 4.98 Å². The highest BCUT2D eigenvalue weighted by Crippen LogP contribution is 2.17. The van der Waals surface area contributed by atoms with E-state index in [1.807, 2.05) is 25.1 Å². The van der Waals surface area contributed by atoms with Gasteiger partial charge in [0, 0.05) is 12.8 Å². The average molecular weight is 165 g/mol. The molecular weight excluding hydrogens is 150 g/mol. The number of pyridine rings is 1. The van der Waals surface area contributed by atoms with Crippen LogP contribution < -0.4 is 0 Å². The minimum atomic E-state index is 0.163. The largest absolute Gasteiger partial charge is 0.372 e. The molecule has 1 heterocycles. The Bertz CT molecular complexity index is 210. The molecule has 12 heavy (non-hydrogen) atoms. The quantitative estimate of drug-likeness (QED) is 0.684. The molecule has 0 aromatic carbocycles. The molecule has 0 spiro atoms. The predicted molar refractivity (Wildman–Crippen MR) is 48.9 cm³/mol. The molecule has 0 saturated heterocycles. The monoisotopic (exact) mass is 165 g/mol. The number of hydrogen-bond donors (Lipinski definition) is 0. The number of ether oxygens (including phenoxy) is 1. The van der Waals surface area contributed by atoms with E-state index in [2.05, 4.69) is 11.9 Å². The van der Waals surface area contributed by atoms with E-state index in [1.165, 1.54) is 0 Å². The van der Waals surface area contributed by atoms with Crippen molar-refractivity contribution in [2.24, 2.45) is 0 Å². The maximum Gasteiger partial charge on any atom is 0.0991 e. The van der Waals surface area contributed by atoms with Crippen LogP contribution in [0.2, 0.25) is 0 Å². The van der Waals surface area contributed by atoms with Crippen LogP contribution in [0.4, 0.5) is 0 Å². The highest BCUT2D eigenvalue weighted by Gasteiger charge is 2.08. The van der Waals surface area contributed by atoms with Gasteiger partial charge in [0.1, 0.15) is 0 Å². The molecule has 0 bridgehead atoms. The first-order valence-corrected chi connectivity index (χ1v) is 4.41. The molecule has 1 rings (SSSR count). The third-order valence-corrected chi connectivity index (χ3v) is 1.76. The second-order valence-corrected chi connectivity index (χ2v) is 2.61. The second kappa shape index (κ2) is 4.88. The van der Waals surface area contributed by atoms with E-state index >= 15 is 0 Å². The third kappa shape index (κ3) is 2.31.